The van der Waals surface area contributed by atoms with Gasteiger partial charge in [-0.25, -0.2) is 4.39 Å². The van der Waals surface area contributed by atoms with Gasteiger partial charge < -0.3 is 9.47 Å². The van der Waals surface area contributed by atoms with E-state index in [1.165, 1.54) is 20.3 Å². The summed E-state index contributed by atoms with van der Waals surface area (Å²) in [7, 11) is 3.07. The Bertz CT molecular complexity index is 591. The maximum Gasteiger partial charge on any atom is 0.153 e. The van der Waals surface area contributed by atoms with Gasteiger partial charge in [-0.15, -0.1) is 0 Å². The third kappa shape index (κ3) is 2.70. The van der Waals surface area contributed by atoms with Crippen molar-refractivity contribution in [3.05, 3.63) is 41.8 Å². The molecule has 0 fully saturated rings. The summed E-state index contributed by atoms with van der Waals surface area (Å²) in [4.78, 5) is 14.7. The number of nitrogens with zero attached hydrogens (tertiary/aromatic N) is 1. The molecule has 0 unspecified atom stereocenters. The molecule has 0 aliphatic rings. The quantitative estimate of drug-likeness (QED) is 0.794. The van der Waals surface area contributed by atoms with Crippen LogP contribution in [0.5, 0.6) is 11.5 Å². The number of hydrogen-bond acceptors (Lipinski definition) is 4. The third-order valence-corrected chi connectivity index (χ3v) is 2.66. The molecule has 0 bridgehead atoms. The van der Waals surface area contributed by atoms with Crippen molar-refractivity contribution in [3.63, 3.8) is 0 Å². The third-order valence-electron chi connectivity index (χ3n) is 2.66. The fourth-order valence-corrected chi connectivity index (χ4v) is 1.66. The Balaban J connectivity index is 2.54. The Morgan fingerprint density at radius 1 is 1.11 bits per heavy atom. The lowest BCUT2D eigenvalue weighted by atomic mass is 10.1. The van der Waals surface area contributed by atoms with Gasteiger partial charge in [0.15, 0.2) is 12.1 Å². The average molecular weight is 261 g/mol. The predicted octanol–water partition coefficient (Wildman–Crippen LogP) is 2.72. The van der Waals surface area contributed by atoms with E-state index in [1.54, 1.807) is 18.2 Å². The molecule has 0 saturated heterocycles. The molecule has 2 rings (SSSR count). The van der Waals surface area contributed by atoms with Crippen molar-refractivity contribution in [3.8, 4) is 22.8 Å². The first-order valence-corrected chi connectivity index (χ1v) is 5.52. The van der Waals surface area contributed by atoms with Gasteiger partial charge in [0.05, 0.1) is 31.7 Å². The number of carbonyl (C=O) groups is 1. The predicted molar refractivity (Wildman–Crippen MR) is 68.1 cm³/mol. The number of pyridine rings is 1. The van der Waals surface area contributed by atoms with Gasteiger partial charge in [0, 0.05) is 11.6 Å². The number of benzene rings is 1. The summed E-state index contributed by atoms with van der Waals surface area (Å²) >= 11 is 0. The van der Waals surface area contributed by atoms with Gasteiger partial charge in [-0.1, -0.05) is 0 Å². The Labute approximate surface area is 109 Å². The first kappa shape index (κ1) is 13.0. The molecular formula is C14H12FNO3. The van der Waals surface area contributed by atoms with Gasteiger partial charge in [-0.2, -0.15) is 0 Å². The van der Waals surface area contributed by atoms with E-state index >= 15 is 0 Å². The zero-order valence-electron chi connectivity index (χ0n) is 10.5. The zero-order chi connectivity index (χ0) is 13.8. The van der Waals surface area contributed by atoms with Crippen molar-refractivity contribution in [1.29, 1.82) is 0 Å². The number of rotatable bonds is 4. The minimum absolute atomic E-state index is 0.0354. The standard InChI is InChI=1S/C14H12FNO3/c1-18-11-3-9(4-12(6-11)19-2)14-5-10(8-17)13(15)7-16-14/h3-8H,1-2H3. The van der Waals surface area contributed by atoms with Crippen molar-refractivity contribution in [2.75, 3.05) is 14.2 Å². The number of aromatic nitrogens is 1. The van der Waals surface area contributed by atoms with E-state index < -0.39 is 5.82 Å². The van der Waals surface area contributed by atoms with Crippen LogP contribution in [-0.2, 0) is 0 Å². The molecule has 5 heteroatoms. The van der Waals surface area contributed by atoms with Gasteiger partial charge >= 0.3 is 0 Å². The summed E-state index contributed by atoms with van der Waals surface area (Å²) < 4.78 is 23.5. The molecule has 0 aliphatic carbocycles. The zero-order valence-corrected chi connectivity index (χ0v) is 10.5. The lowest BCUT2D eigenvalue weighted by Crippen LogP contribution is -1.94. The molecule has 19 heavy (non-hydrogen) atoms. The highest BCUT2D eigenvalue weighted by Gasteiger charge is 2.09. The van der Waals surface area contributed by atoms with Gasteiger partial charge in [0.25, 0.3) is 0 Å². The van der Waals surface area contributed by atoms with Crippen LogP contribution in [-0.4, -0.2) is 25.5 Å². The van der Waals surface area contributed by atoms with E-state index in [0.717, 1.165) is 6.20 Å². The van der Waals surface area contributed by atoms with E-state index in [-0.39, 0.29) is 5.56 Å². The molecular weight excluding hydrogens is 249 g/mol. The van der Waals surface area contributed by atoms with E-state index in [0.29, 0.717) is 29.0 Å². The smallest absolute Gasteiger partial charge is 0.153 e. The first-order valence-electron chi connectivity index (χ1n) is 5.52. The number of ether oxygens (including phenoxy) is 2. The fraction of sp³-hybridized carbons (Fsp3) is 0.143. The van der Waals surface area contributed by atoms with Crippen LogP contribution in [0.15, 0.2) is 30.5 Å². The number of aldehydes is 1. The monoisotopic (exact) mass is 261 g/mol. The van der Waals surface area contributed by atoms with Crippen LogP contribution in [0.2, 0.25) is 0 Å². The Morgan fingerprint density at radius 2 is 1.74 bits per heavy atom. The highest BCUT2D eigenvalue weighted by atomic mass is 19.1. The SMILES string of the molecule is COc1cc(OC)cc(-c2cc(C=O)c(F)cn2)c1. The molecule has 0 atom stereocenters. The van der Waals surface area contributed by atoms with Crippen LogP contribution >= 0.6 is 0 Å². The molecule has 0 saturated carbocycles. The van der Waals surface area contributed by atoms with E-state index in [1.807, 2.05) is 0 Å². The molecule has 1 aromatic carbocycles. The first-order chi connectivity index (χ1) is 9.17. The summed E-state index contributed by atoms with van der Waals surface area (Å²) in [6, 6.07) is 6.57. The molecule has 0 spiro atoms. The normalized spacial score (nSPS) is 10.1. The molecule has 0 aliphatic heterocycles. The van der Waals surface area contributed by atoms with E-state index in [9.17, 15) is 9.18 Å². The van der Waals surface area contributed by atoms with Crippen molar-refractivity contribution in [1.82, 2.24) is 4.98 Å². The lowest BCUT2D eigenvalue weighted by molar-refractivity contribution is 0.111. The molecule has 0 N–H and O–H groups in total. The van der Waals surface area contributed by atoms with Crippen LogP contribution in [0, 0.1) is 5.82 Å². The highest BCUT2D eigenvalue weighted by Crippen LogP contribution is 2.29. The topological polar surface area (TPSA) is 48.4 Å². The number of halogens is 1. The second kappa shape index (κ2) is 5.48. The maximum atomic E-state index is 13.2. The molecule has 2 aromatic rings. The van der Waals surface area contributed by atoms with Crippen molar-refractivity contribution >= 4 is 6.29 Å². The van der Waals surface area contributed by atoms with Gasteiger partial charge in [0.1, 0.15) is 11.5 Å². The lowest BCUT2D eigenvalue weighted by Gasteiger charge is -2.08. The minimum Gasteiger partial charge on any atom is -0.497 e. The Morgan fingerprint density at radius 3 is 2.26 bits per heavy atom. The summed E-state index contributed by atoms with van der Waals surface area (Å²) in [5, 5.41) is 0. The number of methoxy groups -OCH3 is 2. The summed E-state index contributed by atoms with van der Waals surface area (Å²) in [6.45, 7) is 0. The fourth-order valence-electron chi connectivity index (χ4n) is 1.66. The second-order valence-electron chi connectivity index (χ2n) is 3.81. The van der Waals surface area contributed by atoms with Crippen LogP contribution in [0.1, 0.15) is 10.4 Å². The average Bonchev–Trinajstić information content (AvgIpc) is 2.47. The summed E-state index contributed by atoms with van der Waals surface area (Å²) in [5.41, 5.74) is 1.12. The molecule has 0 amide bonds. The largest absolute Gasteiger partial charge is 0.497 e. The molecule has 1 aromatic heterocycles. The molecule has 4 nitrogen and oxygen atoms in total. The van der Waals surface area contributed by atoms with Gasteiger partial charge in [-0.3, -0.25) is 9.78 Å². The van der Waals surface area contributed by atoms with Crippen LogP contribution in [0.25, 0.3) is 11.3 Å². The van der Waals surface area contributed by atoms with Crippen LogP contribution < -0.4 is 9.47 Å². The molecule has 1 heterocycles. The summed E-state index contributed by atoms with van der Waals surface area (Å²) in [5.74, 6) is 0.537. The van der Waals surface area contributed by atoms with Crippen LogP contribution in [0.3, 0.4) is 0 Å². The van der Waals surface area contributed by atoms with Crippen LogP contribution in [0.4, 0.5) is 4.39 Å². The van der Waals surface area contributed by atoms with E-state index in [2.05, 4.69) is 4.98 Å². The second-order valence-corrected chi connectivity index (χ2v) is 3.81. The number of hydrogen-bond donors (Lipinski definition) is 0. The summed E-state index contributed by atoms with van der Waals surface area (Å²) in [6.07, 6.45) is 1.48. The van der Waals surface area contributed by atoms with Crippen molar-refractivity contribution in [2.45, 2.75) is 0 Å². The highest BCUT2D eigenvalue weighted by molar-refractivity contribution is 5.78. The van der Waals surface area contributed by atoms with E-state index in [4.69, 9.17) is 9.47 Å². The molecule has 98 valence electrons. The molecule has 0 radical (unpaired) electrons. The number of carbonyl (C=O) groups excluding carboxylic acids is 1. The Kier molecular flexibility index (Phi) is 3.75. The van der Waals surface area contributed by atoms with Gasteiger partial charge in [-0.05, 0) is 18.2 Å². The Hall–Kier alpha value is -2.43. The van der Waals surface area contributed by atoms with Crippen molar-refractivity contribution < 1.29 is 18.7 Å². The van der Waals surface area contributed by atoms with Crippen molar-refractivity contribution in [2.24, 2.45) is 0 Å². The van der Waals surface area contributed by atoms with Gasteiger partial charge in [0.2, 0.25) is 0 Å². The minimum atomic E-state index is -0.645. The maximum absolute atomic E-state index is 13.2.